The number of hydrogen-bond acceptors (Lipinski definition) is 4. The van der Waals surface area contributed by atoms with E-state index >= 15 is 0 Å². The maximum Gasteiger partial charge on any atom is 0.264 e. The van der Waals surface area contributed by atoms with Crippen molar-refractivity contribution in [2.24, 2.45) is 0 Å². The highest BCUT2D eigenvalue weighted by Gasteiger charge is 2.32. The number of nitrogens with one attached hydrogen (secondary N) is 1. The normalized spacial score (nSPS) is 12.0. The Balaban J connectivity index is 1.99. The Morgan fingerprint density at radius 2 is 1.59 bits per heavy atom. The first kappa shape index (κ1) is 28.7. The molecule has 0 heterocycles. The van der Waals surface area contributed by atoms with Gasteiger partial charge in [-0.25, -0.2) is 8.42 Å². The number of carbonyl (C=O) groups is 2. The van der Waals surface area contributed by atoms with Crippen LogP contribution < -0.4 is 9.62 Å². The molecule has 10 heteroatoms. The maximum atomic E-state index is 13.8. The molecule has 0 fully saturated rings. The number of halogens is 2. The number of rotatable bonds is 11. The van der Waals surface area contributed by atoms with Crippen LogP contribution in [0.15, 0.2) is 88.2 Å². The molecule has 1 N–H and O–H groups in total. The number of anilines is 1. The third-order valence-electron chi connectivity index (χ3n) is 5.71. The molecule has 1 unspecified atom stereocenters. The lowest BCUT2D eigenvalue weighted by Gasteiger charge is -2.32. The highest BCUT2D eigenvalue weighted by Crippen LogP contribution is 2.26. The van der Waals surface area contributed by atoms with Gasteiger partial charge in [0, 0.05) is 22.6 Å². The first-order valence-corrected chi connectivity index (χ1v) is 14.4. The highest BCUT2D eigenvalue weighted by atomic mass is 79.9. The smallest absolute Gasteiger partial charge is 0.264 e. The van der Waals surface area contributed by atoms with E-state index in [-0.39, 0.29) is 17.3 Å². The van der Waals surface area contributed by atoms with Gasteiger partial charge in [-0.2, -0.15) is 0 Å². The summed E-state index contributed by atoms with van der Waals surface area (Å²) in [5.74, 6) is -0.832. The van der Waals surface area contributed by atoms with Gasteiger partial charge in [-0.05, 0) is 67.4 Å². The minimum absolute atomic E-state index is 0.0590. The van der Waals surface area contributed by atoms with Crippen LogP contribution in [0.2, 0.25) is 5.02 Å². The fourth-order valence-corrected chi connectivity index (χ4v) is 5.45. The molecule has 2 amide bonds. The van der Waals surface area contributed by atoms with E-state index in [0.29, 0.717) is 17.3 Å². The lowest BCUT2D eigenvalue weighted by molar-refractivity contribution is -0.139. The molecular weight excluding hydrogens is 578 g/mol. The number of sulfonamides is 1. The first-order valence-electron chi connectivity index (χ1n) is 11.8. The van der Waals surface area contributed by atoms with Crippen molar-refractivity contribution in [2.75, 3.05) is 17.4 Å². The molecule has 0 spiro atoms. The fourth-order valence-electron chi connectivity index (χ4n) is 3.62. The van der Waals surface area contributed by atoms with Crippen molar-refractivity contribution in [3.8, 4) is 0 Å². The lowest BCUT2D eigenvalue weighted by atomic mass is 10.1. The number of benzene rings is 3. The summed E-state index contributed by atoms with van der Waals surface area (Å²) in [5, 5.41) is 3.37. The Morgan fingerprint density at radius 3 is 2.19 bits per heavy atom. The van der Waals surface area contributed by atoms with Gasteiger partial charge in [0.2, 0.25) is 11.8 Å². The Morgan fingerprint density at radius 1 is 0.973 bits per heavy atom. The second-order valence-corrected chi connectivity index (χ2v) is 11.6. The fraction of sp³-hybridized carbons (Fsp3) is 0.259. The van der Waals surface area contributed by atoms with E-state index in [1.807, 2.05) is 6.92 Å². The van der Waals surface area contributed by atoms with Crippen LogP contribution in [0.1, 0.15) is 25.8 Å². The molecule has 1 atom stereocenters. The summed E-state index contributed by atoms with van der Waals surface area (Å²) in [5.41, 5.74) is 1.09. The topological polar surface area (TPSA) is 86.8 Å². The van der Waals surface area contributed by atoms with Crippen LogP contribution in [-0.2, 0) is 26.2 Å². The molecule has 196 valence electrons. The SMILES string of the molecule is CCCNC(=O)C(C)N(Cc1ccc(Cl)cc1)C(=O)CN(c1ccc(Br)cc1)S(=O)(=O)c1ccccc1. The van der Waals surface area contributed by atoms with Crippen LogP contribution in [0, 0.1) is 0 Å². The maximum absolute atomic E-state index is 13.8. The molecule has 0 saturated carbocycles. The molecular formula is C27H29BrClN3O4S. The van der Waals surface area contributed by atoms with E-state index in [4.69, 9.17) is 11.6 Å². The molecule has 3 rings (SSSR count). The second-order valence-electron chi connectivity index (χ2n) is 8.42. The molecule has 37 heavy (non-hydrogen) atoms. The van der Waals surface area contributed by atoms with Crippen LogP contribution in [0.5, 0.6) is 0 Å². The van der Waals surface area contributed by atoms with Gasteiger partial charge in [0.15, 0.2) is 0 Å². The van der Waals surface area contributed by atoms with E-state index in [0.717, 1.165) is 20.8 Å². The summed E-state index contributed by atoms with van der Waals surface area (Å²) in [7, 11) is -4.08. The Bertz CT molecular complexity index is 1300. The van der Waals surface area contributed by atoms with Crippen molar-refractivity contribution in [3.05, 3.63) is 93.9 Å². The third kappa shape index (κ3) is 7.56. The van der Waals surface area contributed by atoms with Gasteiger partial charge in [-0.15, -0.1) is 0 Å². The van der Waals surface area contributed by atoms with Crippen molar-refractivity contribution in [3.63, 3.8) is 0 Å². The number of amides is 2. The lowest BCUT2D eigenvalue weighted by Crippen LogP contribution is -2.51. The van der Waals surface area contributed by atoms with Crippen LogP contribution in [0.25, 0.3) is 0 Å². The minimum atomic E-state index is -4.08. The van der Waals surface area contributed by atoms with Crippen LogP contribution >= 0.6 is 27.5 Å². The molecule has 0 aromatic heterocycles. The van der Waals surface area contributed by atoms with Crippen molar-refractivity contribution in [1.29, 1.82) is 0 Å². The standard InChI is InChI=1S/C27H29BrClN3O4S/c1-3-17-30-27(34)20(2)31(18-21-9-13-23(29)14-10-21)26(33)19-32(24-15-11-22(28)12-16-24)37(35,36)25-7-5-4-6-8-25/h4-16,20H,3,17-19H2,1-2H3,(H,30,34). The van der Waals surface area contributed by atoms with Crippen molar-refractivity contribution >= 4 is 55.1 Å². The summed E-state index contributed by atoms with van der Waals surface area (Å²) >= 11 is 9.38. The Kier molecular flexibility index (Phi) is 10.1. The number of carbonyl (C=O) groups excluding carboxylic acids is 2. The molecule has 0 radical (unpaired) electrons. The average molecular weight is 607 g/mol. The summed E-state index contributed by atoms with van der Waals surface area (Å²) in [4.78, 5) is 28.1. The van der Waals surface area contributed by atoms with E-state index < -0.39 is 28.5 Å². The van der Waals surface area contributed by atoms with E-state index in [1.54, 1.807) is 73.7 Å². The third-order valence-corrected chi connectivity index (χ3v) is 8.28. The summed E-state index contributed by atoms with van der Waals surface area (Å²) in [6.45, 7) is 3.66. The van der Waals surface area contributed by atoms with Gasteiger partial charge in [-0.3, -0.25) is 13.9 Å². The largest absolute Gasteiger partial charge is 0.354 e. The molecule has 7 nitrogen and oxygen atoms in total. The quantitative estimate of drug-likeness (QED) is 0.323. The molecule has 3 aromatic rings. The Labute approximate surface area is 231 Å². The van der Waals surface area contributed by atoms with Crippen molar-refractivity contribution in [1.82, 2.24) is 10.2 Å². The van der Waals surface area contributed by atoms with Gasteiger partial charge in [-0.1, -0.05) is 64.8 Å². The van der Waals surface area contributed by atoms with Gasteiger partial charge in [0.25, 0.3) is 10.0 Å². The zero-order chi connectivity index (χ0) is 27.0. The predicted octanol–water partition coefficient (Wildman–Crippen LogP) is 5.24. The van der Waals surface area contributed by atoms with Gasteiger partial charge in [0.05, 0.1) is 10.6 Å². The average Bonchev–Trinajstić information content (AvgIpc) is 2.90. The predicted molar refractivity (Wildman–Crippen MR) is 150 cm³/mol. The van der Waals surface area contributed by atoms with Crippen LogP contribution in [0.3, 0.4) is 0 Å². The highest BCUT2D eigenvalue weighted by molar-refractivity contribution is 9.10. The second kappa shape index (κ2) is 13.1. The summed E-state index contributed by atoms with van der Waals surface area (Å²) < 4.78 is 29.2. The molecule has 0 aliphatic heterocycles. The molecule has 0 saturated heterocycles. The molecule has 0 aliphatic rings. The van der Waals surface area contributed by atoms with E-state index in [2.05, 4.69) is 21.2 Å². The monoisotopic (exact) mass is 605 g/mol. The zero-order valence-electron chi connectivity index (χ0n) is 20.6. The molecule has 3 aromatic carbocycles. The summed E-state index contributed by atoms with van der Waals surface area (Å²) in [6, 6.07) is 20.7. The van der Waals surface area contributed by atoms with Crippen molar-refractivity contribution in [2.45, 2.75) is 37.8 Å². The number of nitrogens with zero attached hydrogens (tertiary/aromatic N) is 2. The van der Waals surface area contributed by atoms with E-state index in [1.165, 1.54) is 17.0 Å². The molecule has 0 aliphatic carbocycles. The van der Waals surface area contributed by atoms with Crippen LogP contribution in [0.4, 0.5) is 5.69 Å². The van der Waals surface area contributed by atoms with Gasteiger partial charge < -0.3 is 10.2 Å². The van der Waals surface area contributed by atoms with Gasteiger partial charge in [0.1, 0.15) is 12.6 Å². The Hall–Kier alpha value is -2.88. The number of hydrogen-bond donors (Lipinski definition) is 1. The first-order chi connectivity index (χ1) is 17.6. The van der Waals surface area contributed by atoms with Crippen molar-refractivity contribution < 1.29 is 18.0 Å². The van der Waals surface area contributed by atoms with Crippen LogP contribution in [-0.4, -0.2) is 44.3 Å². The zero-order valence-corrected chi connectivity index (χ0v) is 23.8. The summed E-state index contributed by atoms with van der Waals surface area (Å²) in [6.07, 6.45) is 0.746. The van der Waals surface area contributed by atoms with Gasteiger partial charge >= 0.3 is 0 Å². The minimum Gasteiger partial charge on any atom is -0.354 e. The van der Waals surface area contributed by atoms with E-state index in [9.17, 15) is 18.0 Å². The molecule has 0 bridgehead atoms.